The lowest BCUT2D eigenvalue weighted by Crippen LogP contribution is -2.50. The number of carboxylic acids is 1. The topological polar surface area (TPSA) is 57.2 Å². The molecular formula is C14H15NO3. The van der Waals surface area contributed by atoms with E-state index in [2.05, 4.69) is 0 Å². The van der Waals surface area contributed by atoms with E-state index in [0.717, 1.165) is 18.4 Å². The van der Waals surface area contributed by atoms with Crippen molar-refractivity contribution >= 4 is 11.9 Å². The number of hydrogen-bond acceptors (Lipinski definition) is 3. The molecule has 0 bridgehead atoms. The summed E-state index contributed by atoms with van der Waals surface area (Å²) in [5, 5.41) is 11.0. The van der Waals surface area contributed by atoms with Gasteiger partial charge in [-0.3, -0.25) is 0 Å². The summed E-state index contributed by atoms with van der Waals surface area (Å²) >= 11 is 0. The van der Waals surface area contributed by atoms with Crippen LogP contribution in [0, 0.1) is 0 Å². The quantitative estimate of drug-likeness (QED) is 0.734. The highest BCUT2D eigenvalue weighted by molar-refractivity contribution is 5.94. The van der Waals surface area contributed by atoms with Crippen LogP contribution in [-0.2, 0) is 4.79 Å². The number of benzene rings is 1. The van der Waals surface area contributed by atoms with E-state index in [1.807, 2.05) is 25.2 Å². The molecule has 94 valence electrons. The number of hydrogen-bond donors (Lipinski definition) is 0. The molecule has 1 saturated carbocycles. The van der Waals surface area contributed by atoms with Crippen LogP contribution in [0.25, 0.3) is 0 Å². The molecule has 0 aromatic heterocycles. The first-order valence-corrected chi connectivity index (χ1v) is 6.24. The van der Waals surface area contributed by atoms with Crippen LogP contribution >= 0.6 is 0 Å². The fraction of sp³-hybridized carbons (Fsp3) is 0.429. The van der Waals surface area contributed by atoms with Crippen LogP contribution in [0.5, 0.6) is 0 Å². The Bertz CT molecular complexity index is 536. The van der Waals surface area contributed by atoms with Gasteiger partial charge in [0.2, 0.25) is 0 Å². The number of carbonyl (C=O) groups is 2. The molecule has 4 nitrogen and oxygen atoms in total. The molecule has 1 amide bonds. The Morgan fingerprint density at radius 1 is 1.39 bits per heavy atom. The van der Waals surface area contributed by atoms with Gasteiger partial charge in [-0.05, 0) is 6.07 Å². The van der Waals surface area contributed by atoms with Crippen LogP contribution in [0.2, 0.25) is 0 Å². The highest BCUT2D eigenvalue weighted by Crippen LogP contribution is 2.48. The summed E-state index contributed by atoms with van der Waals surface area (Å²) in [6, 6.07) is 7.34. The van der Waals surface area contributed by atoms with E-state index in [-0.39, 0.29) is 28.9 Å². The molecule has 1 aromatic carbocycles. The zero-order valence-corrected chi connectivity index (χ0v) is 10.3. The van der Waals surface area contributed by atoms with Gasteiger partial charge in [-0.25, -0.2) is 9.28 Å². The zero-order valence-electron chi connectivity index (χ0n) is 10.3. The van der Waals surface area contributed by atoms with E-state index < -0.39 is 5.97 Å². The highest BCUT2D eigenvalue weighted by atomic mass is 16.4. The lowest BCUT2D eigenvalue weighted by molar-refractivity contribution is -0.867. The van der Waals surface area contributed by atoms with Crippen molar-refractivity contribution < 1.29 is 19.2 Å². The molecule has 1 aliphatic heterocycles. The van der Waals surface area contributed by atoms with Crippen LogP contribution < -0.4 is 5.11 Å². The number of fused-ring (bicyclic) bond motifs is 1. The molecule has 18 heavy (non-hydrogen) atoms. The van der Waals surface area contributed by atoms with Gasteiger partial charge < -0.3 is 9.90 Å². The molecule has 2 atom stereocenters. The van der Waals surface area contributed by atoms with Crippen LogP contribution in [0.4, 0.5) is 0 Å². The molecular weight excluding hydrogens is 230 g/mol. The van der Waals surface area contributed by atoms with Gasteiger partial charge in [0.15, 0.2) is 0 Å². The summed E-state index contributed by atoms with van der Waals surface area (Å²) < 4.78 is 0.216. The summed E-state index contributed by atoms with van der Waals surface area (Å²) in [7, 11) is 1.87. The first kappa shape index (κ1) is 11.4. The second kappa shape index (κ2) is 3.65. The average molecular weight is 245 g/mol. The molecule has 2 aliphatic rings. The van der Waals surface area contributed by atoms with E-state index in [9.17, 15) is 14.7 Å². The smallest absolute Gasteiger partial charge is 0.346 e. The van der Waals surface area contributed by atoms with Gasteiger partial charge in [-0.15, -0.1) is 0 Å². The first-order valence-electron chi connectivity index (χ1n) is 6.24. The van der Waals surface area contributed by atoms with Crippen LogP contribution in [-0.4, -0.2) is 29.4 Å². The summed E-state index contributed by atoms with van der Waals surface area (Å²) in [5.74, 6) is -1.03. The Balaban J connectivity index is 2.11. The molecule has 0 radical (unpaired) electrons. The fourth-order valence-corrected chi connectivity index (χ4v) is 3.16. The lowest BCUT2D eigenvalue weighted by atomic mass is 10.0. The number of carboxylic acid groups (broad SMARTS) is 1. The maximum absolute atomic E-state index is 12.6. The van der Waals surface area contributed by atoms with Gasteiger partial charge in [0.1, 0.15) is 6.04 Å². The molecule has 0 spiro atoms. The predicted molar refractivity (Wildman–Crippen MR) is 62.3 cm³/mol. The van der Waals surface area contributed by atoms with Crippen molar-refractivity contribution in [2.45, 2.75) is 31.3 Å². The number of rotatable bonds is 3. The van der Waals surface area contributed by atoms with Crippen LogP contribution in [0.1, 0.15) is 41.2 Å². The second-order valence-corrected chi connectivity index (χ2v) is 5.36. The molecule has 3 rings (SSSR count). The minimum atomic E-state index is -1.09. The van der Waals surface area contributed by atoms with Gasteiger partial charge in [0, 0.05) is 30.8 Å². The molecule has 4 heteroatoms. The third kappa shape index (κ3) is 1.42. The Morgan fingerprint density at radius 3 is 2.67 bits per heavy atom. The van der Waals surface area contributed by atoms with Crippen molar-refractivity contribution in [1.82, 2.24) is 0 Å². The molecule has 1 aromatic rings. The second-order valence-electron chi connectivity index (χ2n) is 5.36. The standard InChI is InChI=1S/C14H15NO3/c1-15(9-6-7-9)12(8-13(16)17)10-4-2-3-5-11(10)14(15)18/h2-5,9,12H,6-8H2,1H3. The zero-order chi connectivity index (χ0) is 12.9. The Morgan fingerprint density at radius 2 is 2.06 bits per heavy atom. The molecule has 1 fully saturated rings. The van der Waals surface area contributed by atoms with Crippen molar-refractivity contribution in [3.8, 4) is 0 Å². The number of quaternary nitrogens is 1. The van der Waals surface area contributed by atoms with Crippen molar-refractivity contribution in [2.24, 2.45) is 0 Å². The van der Waals surface area contributed by atoms with Crippen molar-refractivity contribution in [3.05, 3.63) is 35.4 Å². The highest BCUT2D eigenvalue weighted by Gasteiger charge is 2.57. The number of carbonyl (C=O) groups excluding carboxylic acids is 2. The van der Waals surface area contributed by atoms with E-state index in [0.29, 0.717) is 5.56 Å². The van der Waals surface area contributed by atoms with E-state index in [1.165, 1.54) is 0 Å². The normalized spacial score (nSPS) is 30.3. The maximum atomic E-state index is 12.6. The third-order valence-electron chi connectivity index (χ3n) is 4.30. The number of nitrogens with zero attached hydrogens (tertiary/aromatic N) is 1. The molecule has 1 heterocycles. The maximum Gasteiger partial charge on any atom is 0.346 e. The summed E-state index contributed by atoms with van der Waals surface area (Å²) in [6.07, 6.45) is 1.91. The van der Waals surface area contributed by atoms with Crippen LogP contribution in [0.3, 0.4) is 0 Å². The Hall–Kier alpha value is -1.68. The van der Waals surface area contributed by atoms with Gasteiger partial charge in [0.05, 0.1) is 18.7 Å². The Kier molecular flexibility index (Phi) is 2.32. The fourth-order valence-electron chi connectivity index (χ4n) is 3.16. The molecule has 0 N–H and O–H groups in total. The monoisotopic (exact) mass is 245 g/mol. The summed E-state index contributed by atoms with van der Waals surface area (Å²) in [5.41, 5.74) is 1.54. The molecule has 0 saturated heterocycles. The summed E-state index contributed by atoms with van der Waals surface area (Å²) in [4.78, 5) is 23.5. The van der Waals surface area contributed by atoms with E-state index in [1.54, 1.807) is 6.07 Å². The Labute approximate surface area is 105 Å². The van der Waals surface area contributed by atoms with Crippen molar-refractivity contribution in [2.75, 3.05) is 7.05 Å². The van der Waals surface area contributed by atoms with Crippen molar-refractivity contribution in [3.63, 3.8) is 0 Å². The predicted octanol–water partition coefficient (Wildman–Crippen LogP) is 0.630. The van der Waals surface area contributed by atoms with Crippen molar-refractivity contribution in [1.29, 1.82) is 0 Å². The third-order valence-corrected chi connectivity index (χ3v) is 4.30. The first-order chi connectivity index (χ1) is 8.55. The average Bonchev–Trinajstić information content (AvgIpc) is 3.15. The largest absolute Gasteiger partial charge is 0.550 e. The van der Waals surface area contributed by atoms with Gasteiger partial charge >= 0.3 is 5.91 Å². The van der Waals surface area contributed by atoms with Gasteiger partial charge in [-0.1, -0.05) is 18.2 Å². The van der Waals surface area contributed by atoms with E-state index in [4.69, 9.17) is 0 Å². The molecule has 1 aliphatic carbocycles. The minimum absolute atomic E-state index is 0.0550. The lowest BCUT2D eigenvalue weighted by Gasteiger charge is -2.34. The number of aliphatic carboxylic acids is 1. The minimum Gasteiger partial charge on any atom is -0.550 e. The van der Waals surface area contributed by atoms with Gasteiger partial charge in [-0.2, -0.15) is 0 Å². The van der Waals surface area contributed by atoms with Crippen LogP contribution in [0.15, 0.2) is 24.3 Å². The van der Waals surface area contributed by atoms with Gasteiger partial charge in [0.25, 0.3) is 0 Å². The van der Waals surface area contributed by atoms with E-state index >= 15 is 0 Å². The summed E-state index contributed by atoms with van der Waals surface area (Å²) in [6.45, 7) is 0. The SMILES string of the molecule is C[N+]1(C2CC2)C(=O)c2ccccc2C1CC(=O)[O-]. The molecule has 2 unspecified atom stereocenters. The number of amides is 1.